The van der Waals surface area contributed by atoms with Gasteiger partial charge in [0.2, 0.25) is 11.8 Å². The summed E-state index contributed by atoms with van der Waals surface area (Å²) in [6.07, 6.45) is -0.188. The number of benzene rings is 2. The molecule has 1 aliphatic heterocycles. The van der Waals surface area contributed by atoms with Crippen molar-refractivity contribution in [2.24, 2.45) is 5.92 Å². The second kappa shape index (κ2) is 11.5. The largest absolute Gasteiger partial charge is 0.481 e. The maximum absolute atomic E-state index is 13.7. The number of ether oxygens (including phenoxy) is 1. The molecule has 3 rings (SSSR count). The van der Waals surface area contributed by atoms with Gasteiger partial charge in [-0.2, -0.15) is 0 Å². The van der Waals surface area contributed by atoms with Crippen molar-refractivity contribution in [1.29, 1.82) is 0 Å². The van der Waals surface area contributed by atoms with E-state index in [9.17, 15) is 19.5 Å². The van der Waals surface area contributed by atoms with Gasteiger partial charge < -0.3 is 19.6 Å². The molecule has 1 fully saturated rings. The molecule has 1 aliphatic rings. The molecule has 9 heteroatoms. The van der Waals surface area contributed by atoms with Gasteiger partial charge in [0.1, 0.15) is 0 Å². The predicted octanol–water partition coefficient (Wildman–Crippen LogP) is 4.03. The number of hydrogen-bond acceptors (Lipinski definition) is 4. The highest BCUT2D eigenvalue weighted by Crippen LogP contribution is 2.41. The van der Waals surface area contributed by atoms with E-state index >= 15 is 0 Å². The first-order valence-electron chi connectivity index (χ1n) is 10.6. The third kappa shape index (κ3) is 6.25. The smallest absolute Gasteiger partial charge is 0.305 e. The average Bonchev–Trinajstić information content (AvgIpc) is 3.12. The molecule has 2 amide bonds. The van der Waals surface area contributed by atoms with Crippen LogP contribution in [-0.4, -0.2) is 59.5 Å². The summed E-state index contributed by atoms with van der Waals surface area (Å²) in [7, 11) is 1.55. The number of rotatable bonds is 10. The molecule has 0 radical (unpaired) electrons. The Morgan fingerprint density at radius 3 is 2.48 bits per heavy atom. The van der Waals surface area contributed by atoms with Crippen LogP contribution in [0.2, 0.25) is 10.0 Å². The summed E-state index contributed by atoms with van der Waals surface area (Å²) < 4.78 is 5.17. The molecule has 0 aliphatic carbocycles. The molecule has 33 heavy (non-hydrogen) atoms. The minimum Gasteiger partial charge on any atom is -0.481 e. The van der Waals surface area contributed by atoms with Crippen molar-refractivity contribution < 1.29 is 24.2 Å². The first kappa shape index (κ1) is 25.0. The fourth-order valence-corrected chi connectivity index (χ4v) is 4.48. The van der Waals surface area contributed by atoms with Crippen molar-refractivity contribution in [3.8, 4) is 0 Å². The Kier molecular flexibility index (Phi) is 8.72. The van der Waals surface area contributed by atoms with Crippen molar-refractivity contribution in [3.63, 3.8) is 0 Å². The average molecular weight is 493 g/mol. The summed E-state index contributed by atoms with van der Waals surface area (Å²) in [5, 5.41) is 10.2. The zero-order chi connectivity index (χ0) is 24.0. The fourth-order valence-electron chi connectivity index (χ4n) is 4.11. The lowest BCUT2D eigenvalue weighted by atomic mass is 9.92. The molecular weight excluding hydrogens is 467 g/mol. The number of halogens is 2. The zero-order valence-electron chi connectivity index (χ0n) is 18.2. The molecule has 0 spiro atoms. The topological polar surface area (TPSA) is 87.2 Å². The second-order valence-corrected chi connectivity index (χ2v) is 8.73. The molecule has 0 saturated carbocycles. The van der Waals surface area contributed by atoms with Gasteiger partial charge in [0, 0.05) is 43.2 Å². The molecule has 2 atom stereocenters. The highest BCUT2D eigenvalue weighted by atomic mass is 35.5. The minimum atomic E-state index is -1.00. The third-order valence-electron chi connectivity index (χ3n) is 5.70. The number of carboxylic acid groups (broad SMARTS) is 1. The Labute approximate surface area is 202 Å². The lowest BCUT2D eigenvalue weighted by Gasteiger charge is -2.32. The number of nitrogens with zero attached hydrogens (tertiary/aromatic N) is 2. The molecule has 2 aromatic carbocycles. The lowest BCUT2D eigenvalue weighted by molar-refractivity contribution is -0.140. The zero-order valence-corrected chi connectivity index (χ0v) is 19.8. The van der Waals surface area contributed by atoms with Crippen molar-refractivity contribution in [1.82, 2.24) is 9.80 Å². The van der Waals surface area contributed by atoms with Crippen LogP contribution in [0.4, 0.5) is 0 Å². The van der Waals surface area contributed by atoms with Crippen LogP contribution in [0.15, 0.2) is 48.5 Å². The van der Waals surface area contributed by atoms with Crippen LogP contribution in [0.5, 0.6) is 0 Å². The number of likely N-dealkylation sites (tertiary alicyclic amines) is 1. The molecule has 2 aromatic rings. The van der Waals surface area contributed by atoms with Crippen LogP contribution in [0.1, 0.15) is 30.0 Å². The Bertz CT molecular complexity index is 999. The van der Waals surface area contributed by atoms with Gasteiger partial charge in [-0.05, 0) is 29.3 Å². The number of carbonyl (C=O) groups excluding carboxylic acids is 2. The van der Waals surface area contributed by atoms with Gasteiger partial charge in [0.25, 0.3) is 0 Å². The second-order valence-electron chi connectivity index (χ2n) is 7.89. The fraction of sp³-hybridized carbons (Fsp3) is 0.375. The number of hydrogen-bond donors (Lipinski definition) is 1. The van der Waals surface area contributed by atoms with Crippen LogP contribution in [-0.2, 0) is 25.7 Å². The number of aliphatic carboxylic acids is 1. The Morgan fingerprint density at radius 2 is 1.85 bits per heavy atom. The van der Waals surface area contributed by atoms with E-state index in [2.05, 4.69) is 0 Å². The van der Waals surface area contributed by atoms with E-state index in [-0.39, 0.29) is 37.7 Å². The van der Waals surface area contributed by atoms with Gasteiger partial charge in [0.15, 0.2) is 0 Å². The van der Waals surface area contributed by atoms with E-state index in [4.69, 9.17) is 27.9 Å². The Hall–Kier alpha value is -2.61. The summed E-state index contributed by atoms with van der Waals surface area (Å²) in [6, 6.07) is 13.6. The predicted molar refractivity (Wildman–Crippen MR) is 125 cm³/mol. The van der Waals surface area contributed by atoms with E-state index < -0.39 is 17.9 Å². The molecule has 1 saturated heterocycles. The van der Waals surface area contributed by atoms with Crippen LogP contribution in [0.3, 0.4) is 0 Å². The molecule has 0 aromatic heterocycles. The maximum atomic E-state index is 13.7. The summed E-state index contributed by atoms with van der Waals surface area (Å²) in [5.41, 5.74) is 1.50. The summed E-state index contributed by atoms with van der Waals surface area (Å²) >= 11 is 12.4. The first-order chi connectivity index (χ1) is 15.8. The van der Waals surface area contributed by atoms with Crippen molar-refractivity contribution >= 4 is 41.0 Å². The number of carbonyl (C=O) groups is 3. The quantitative estimate of drug-likeness (QED) is 0.540. The van der Waals surface area contributed by atoms with Crippen LogP contribution < -0.4 is 0 Å². The monoisotopic (exact) mass is 492 g/mol. The standard InChI is InChI=1S/C24H26Cl2N2O5/c1-33-13-12-28-21(29)14-19(23(28)18-4-2-3-5-20(18)26)24(32)27(11-10-22(30)31)15-16-6-8-17(25)9-7-16/h2-9,19,23H,10-15H2,1H3,(H,30,31)/t19-,23+/m1/s1. The Balaban J connectivity index is 1.94. The van der Waals surface area contributed by atoms with E-state index in [0.717, 1.165) is 5.56 Å². The lowest BCUT2D eigenvalue weighted by Crippen LogP contribution is -2.40. The van der Waals surface area contributed by atoms with Crippen molar-refractivity contribution in [2.75, 3.05) is 26.8 Å². The SMILES string of the molecule is COCCN1C(=O)C[C@@H](C(=O)N(CCC(=O)O)Cc2ccc(Cl)cc2)[C@@H]1c1ccccc1Cl. The third-order valence-corrected chi connectivity index (χ3v) is 6.30. The van der Waals surface area contributed by atoms with E-state index in [1.165, 1.54) is 4.90 Å². The van der Waals surface area contributed by atoms with Crippen LogP contribution >= 0.6 is 23.2 Å². The van der Waals surface area contributed by atoms with Gasteiger partial charge in [-0.1, -0.05) is 53.5 Å². The molecule has 0 bridgehead atoms. The first-order valence-corrected chi connectivity index (χ1v) is 11.3. The van der Waals surface area contributed by atoms with E-state index in [1.807, 2.05) is 12.1 Å². The molecule has 176 valence electrons. The molecule has 0 unspecified atom stereocenters. The highest BCUT2D eigenvalue weighted by molar-refractivity contribution is 6.31. The number of amides is 2. The summed E-state index contributed by atoms with van der Waals surface area (Å²) in [4.78, 5) is 41.0. The van der Waals surface area contributed by atoms with Crippen LogP contribution in [0, 0.1) is 5.92 Å². The molecule has 7 nitrogen and oxygen atoms in total. The number of methoxy groups -OCH3 is 1. The maximum Gasteiger partial charge on any atom is 0.305 e. The van der Waals surface area contributed by atoms with Gasteiger partial charge >= 0.3 is 5.97 Å². The minimum absolute atomic E-state index is 0.0165. The van der Waals surface area contributed by atoms with Crippen molar-refractivity contribution in [2.45, 2.75) is 25.4 Å². The summed E-state index contributed by atoms with van der Waals surface area (Å²) in [5.74, 6) is -2.16. The molecule has 1 heterocycles. The van der Waals surface area contributed by atoms with Crippen molar-refractivity contribution in [3.05, 3.63) is 69.7 Å². The van der Waals surface area contributed by atoms with Gasteiger partial charge in [-0.3, -0.25) is 14.4 Å². The van der Waals surface area contributed by atoms with Gasteiger partial charge in [0.05, 0.1) is 25.0 Å². The van der Waals surface area contributed by atoms with E-state index in [1.54, 1.807) is 48.4 Å². The number of carboxylic acids is 1. The summed E-state index contributed by atoms with van der Waals surface area (Å²) in [6.45, 7) is 0.874. The van der Waals surface area contributed by atoms with Gasteiger partial charge in [-0.15, -0.1) is 0 Å². The molecule has 1 N–H and O–H groups in total. The van der Waals surface area contributed by atoms with Crippen LogP contribution in [0.25, 0.3) is 0 Å². The Morgan fingerprint density at radius 1 is 1.15 bits per heavy atom. The molecular formula is C24H26Cl2N2O5. The normalized spacial score (nSPS) is 17.9. The highest BCUT2D eigenvalue weighted by Gasteiger charge is 2.46. The van der Waals surface area contributed by atoms with Gasteiger partial charge in [-0.25, -0.2) is 0 Å². The van der Waals surface area contributed by atoms with E-state index in [0.29, 0.717) is 28.8 Å².